The Balaban J connectivity index is 1.29. The lowest BCUT2D eigenvalue weighted by molar-refractivity contribution is -0.146. The Labute approximate surface area is 166 Å². The van der Waals surface area contributed by atoms with Crippen molar-refractivity contribution < 1.29 is 9.53 Å². The first kappa shape index (κ1) is 17.6. The van der Waals surface area contributed by atoms with Gasteiger partial charge < -0.3 is 9.72 Å². The van der Waals surface area contributed by atoms with Gasteiger partial charge in [0.1, 0.15) is 17.3 Å². The number of aromatic amines is 1. The normalized spacial score (nSPS) is 23.4. The molecule has 0 spiro atoms. The number of rotatable bonds is 5. The Bertz CT molecular complexity index is 1070. The van der Waals surface area contributed by atoms with Crippen molar-refractivity contribution in [2.24, 2.45) is 17.8 Å². The number of aromatic nitrogens is 2. The fourth-order valence-corrected chi connectivity index (χ4v) is 5.91. The van der Waals surface area contributed by atoms with Crippen LogP contribution in [0.3, 0.4) is 0 Å². The number of thiophene rings is 1. The molecule has 1 N–H and O–H groups in total. The van der Waals surface area contributed by atoms with Crippen LogP contribution in [0.1, 0.15) is 37.9 Å². The number of ether oxygens (including phenoxy) is 1. The van der Waals surface area contributed by atoms with Gasteiger partial charge in [0.25, 0.3) is 5.56 Å². The van der Waals surface area contributed by atoms with Gasteiger partial charge >= 0.3 is 5.97 Å². The predicted octanol–water partition coefficient (Wildman–Crippen LogP) is 4.52. The zero-order valence-electron chi connectivity index (χ0n) is 15.5. The Morgan fingerprint density at radius 3 is 2.82 bits per heavy atom. The standard InChI is InChI=1S/C22H22N2O3S/c25-19(10-16-9-13-6-7-15(16)8-13)27-11-18-23-21(26)20-17(12-28-22(20)24-18)14-4-2-1-3-5-14/h1-5,12-13,15-16H,6-11H2,(H,23,24,26)/t13-,15-,16+/m1/s1. The quantitative estimate of drug-likeness (QED) is 0.646. The van der Waals surface area contributed by atoms with E-state index in [0.29, 0.717) is 34.3 Å². The number of nitrogens with one attached hydrogen (secondary N) is 1. The molecular weight excluding hydrogens is 372 g/mol. The highest BCUT2D eigenvalue weighted by Gasteiger charge is 2.40. The van der Waals surface area contributed by atoms with Crippen molar-refractivity contribution in [2.45, 2.75) is 38.7 Å². The molecule has 144 valence electrons. The van der Waals surface area contributed by atoms with Crippen LogP contribution in [0, 0.1) is 17.8 Å². The molecule has 2 saturated carbocycles. The van der Waals surface area contributed by atoms with Gasteiger partial charge in [0.2, 0.25) is 0 Å². The Hall–Kier alpha value is -2.47. The Kier molecular flexibility index (Phi) is 4.51. The fraction of sp³-hybridized carbons (Fsp3) is 0.409. The van der Waals surface area contributed by atoms with Gasteiger partial charge in [-0.25, -0.2) is 4.98 Å². The minimum absolute atomic E-state index is 0.0173. The maximum Gasteiger partial charge on any atom is 0.306 e. The number of carbonyl (C=O) groups excluding carboxylic acids is 1. The van der Waals surface area contributed by atoms with Crippen LogP contribution in [-0.4, -0.2) is 15.9 Å². The summed E-state index contributed by atoms with van der Waals surface area (Å²) in [7, 11) is 0. The summed E-state index contributed by atoms with van der Waals surface area (Å²) in [6, 6.07) is 9.80. The van der Waals surface area contributed by atoms with Crippen molar-refractivity contribution in [1.82, 2.24) is 9.97 Å². The van der Waals surface area contributed by atoms with E-state index in [4.69, 9.17) is 4.74 Å². The molecule has 2 aliphatic rings. The number of nitrogens with zero attached hydrogens (tertiary/aromatic N) is 1. The lowest BCUT2D eigenvalue weighted by Gasteiger charge is -2.20. The Morgan fingerprint density at radius 1 is 1.21 bits per heavy atom. The summed E-state index contributed by atoms with van der Waals surface area (Å²) in [5, 5.41) is 2.54. The molecule has 0 unspecified atom stereocenters. The van der Waals surface area contributed by atoms with Crippen molar-refractivity contribution in [3.8, 4) is 11.1 Å². The van der Waals surface area contributed by atoms with Crippen LogP contribution in [0.15, 0.2) is 40.5 Å². The van der Waals surface area contributed by atoms with Gasteiger partial charge in [0, 0.05) is 17.4 Å². The first-order valence-electron chi connectivity index (χ1n) is 9.89. The third-order valence-electron chi connectivity index (χ3n) is 6.26. The molecular formula is C22H22N2O3S. The average Bonchev–Trinajstić information content (AvgIpc) is 3.42. The molecule has 0 aliphatic heterocycles. The SMILES string of the molecule is O=C(C[C@@H]1C[C@@H]2CC[C@@H]1C2)OCc1nc2scc(-c3ccccc3)c2c(=O)[nH]1. The predicted molar refractivity (Wildman–Crippen MR) is 109 cm³/mol. The third kappa shape index (κ3) is 3.26. The van der Waals surface area contributed by atoms with E-state index in [-0.39, 0.29) is 18.1 Å². The maximum absolute atomic E-state index is 12.6. The first-order valence-corrected chi connectivity index (χ1v) is 10.8. The summed E-state index contributed by atoms with van der Waals surface area (Å²) in [4.78, 5) is 32.8. The summed E-state index contributed by atoms with van der Waals surface area (Å²) >= 11 is 1.43. The van der Waals surface area contributed by atoms with E-state index >= 15 is 0 Å². The molecule has 2 aliphatic carbocycles. The van der Waals surface area contributed by atoms with Crippen LogP contribution in [-0.2, 0) is 16.1 Å². The first-order chi connectivity index (χ1) is 13.7. The number of carbonyl (C=O) groups is 1. The molecule has 6 heteroatoms. The molecule has 3 aromatic rings. The fourth-order valence-electron chi connectivity index (χ4n) is 4.94. The monoisotopic (exact) mass is 394 g/mol. The minimum Gasteiger partial charge on any atom is -0.458 e. The lowest BCUT2D eigenvalue weighted by atomic mass is 9.86. The second-order valence-corrected chi connectivity index (χ2v) is 8.87. The van der Waals surface area contributed by atoms with Crippen molar-refractivity contribution in [1.29, 1.82) is 0 Å². The van der Waals surface area contributed by atoms with Crippen LogP contribution >= 0.6 is 11.3 Å². The van der Waals surface area contributed by atoms with Gasteiger partial charge in [-0.15, -0.1) is 11.3 Å². The molecule has 3 atom stereocenters. The van der Waals surface area contributed by atoms with E-state index in [9.17, 15) is 9.59 Å². The van der Waals surface area contributed by atoms with Crippen LogP contribution < -0.4 is 5.56 Å². The van der Waals surface area contributed by atoms with Gasteiger partial charge in [-0.2, -0.15) is 0 Å². The van der Waals surface area contributed by atoms with Gasteiger partial charge in [0.15, 0.2) is 0 Å². The second-order valence-electron chi connectivity index (χ2n) is 8.01. The highest BCUT2D eigenvalue weighted by atomic mass is 32.1. The molecule has 2 fully saturated rings. The summed E-state index contributed by atoms with van der Waals surface area (Å²) in [6.45, 7) is 0.0173. The zero-order chi connectivity index (χ0) is 19.1. The smallest absolute Gasteiger partial charge is 0.306 e. The highest BCUT2D eigenvalue weighted by molar-refractivity contribution is 7.17. The highest BCUT2D eigenvalue weighted by Crippen LogP contribution is 2.49. The number of hydrogen-bond acceptors (Lipinski definition) is 5. The van der Waals surface area contributed by atoms with Crippen molar-refractivity contribution in [3.63, 3.8) is 0 Å². The topological polar surface area (TPSA) is 72.0 Å². The van der Waals surface area contributed by atoms with E-state index in [1.165, 1.54) is 30.6 Å². The zero-order valence-corrected chi connectivity index (χ0v) is 16.3. The molecule has 2 aromatic heterocycles. The lowest BCUT2D eigenvalue weighted by Crippen LogP contribution is -2.18. The van der Waals surface area contributed by atoms with Crippen molar-refractivity contribution >= 4 is 27.5 Å². The van der Waals surface area contributed by atoms with Crippen LogP contribution in [0.5, 0.6) is 0 Å². The number of hydrogen-bond donors (Lipinski definition) is 1. The molecule has 2 heterocycles. The summed E-state index contributed by atoms with van der Waals surface area (Å²) in [5.74, 6) is 2.22. The molecule has 2 bridgehead atoms. The second kappa shape index (κ2) is 7.17. The number of benzene rings is 1. The third-order valence-corrected chi connectivity index (χ3v) is 7.13. The van der Waals surface area contributed by atoms with E-state index < -0.39 is 0 Å². The van der Waals surface area contributed by atoms with Gasteiger partial charge in [-0.1, -0.05) is 36.8 Å². The molecule has 5 nitrogen and oxygen atoms in total. The summed E-state index contributed by atoms with van der Waals surface area (Å²) < 4.78 is 5.43. The van der Waals surface area contributed by atoms with Crippen LogP contribution in [0.4, 0.5) is 0 Å². The minimum atomic E-state index is -0.191. The molecule has 0 radical (unpaired) electrons. The average molecular weight is 394 g/mol. The van der Waals surface area contributed by atoms with Gasteiger partial charge in [-0.05, 0) is 42.6 Å². The molecule has 0 amide bonds. The van der Waals surface area contributed by atoms with Crippen LogP contribution in [0.25, 0.3) is 21.3 Å². The molecule has 0 saturated heterocycles. The van der Waals surface area contributed by atoms with E-state index in [0.717, 1.165) is 23.5 Å². The molecule has 1 aromatic carbocycles. The van der Waals surface area contributed by atoms with Crippen LogP contribution in [0.2, 0.25) is 0 Å². The number of esters is 1. The largest absolute Gasteiger partial charge is 0.458 e. The van der Waals surface area contributed by atoms with Gasteiger partial charge in [-0.3, -0.25) is 9.59 Å². The number of H-pyrrole nitrogens is 1. The number of fused-ring (bicyclic) bond motifs is 3. The Morgan fingerprint density at radius 2 is 2.07 bits per heavy atom. The van der Waals surface area contributed by atoms with E-state index in [1.54, 1.807) is 0 Å². The van der Waals surface area contributed by atoms with Crippen molar-refractivity contribution in [3.05, 3.63) is 51.9 Å². The maximum atomic E-state index is 12.6. The molecule has 28 heavy (non-hydrogen) atoms. The van der Waals surface area contributed by atoms with E-state index in [2.05, 4.69) is 9.97 Å². The molecule has 5 rings (SSSR count). The summed E-state index contributed by atoms with van der Waals surface area (Å²) in [6.07, 6.45) is 5.53. The van der Waals surface area contributed by atoms with Crippen molar-refractivity contribution in [2.75, 3.05) is 0 Å². The van der Waals surface area contributed by atoms with Gasteiger partial charge in [0.05, 0.1) is 5.39 Å². The summed E-state index contributed by atoms with van der Waals surface area (Å²) in [5.41, 5.74) is 1.68. The van der Waals surface area contributed by atoms with E-state index in [1.807, 2.05) is 35.7 Å².